The SMILES string of the molecule is Cn1cnc(S(=O)(=O)N2C[C@H]3CC[C@@H]2CN(CCCc2ccccc2)C3)c1. The highest BCUT2D eigenvalue weighted by atomic mass is 32.2. The number of aromatic nitrogens is 2. The molecule has 0 radical (unpaired) electrons. The van der Waals surface area contributed by atoms with Gasteiger partial charge >= 0.3 is 0 Å². The minimum Gasteiger partial charge on any atom is -0.339 e. The minimum absolute atomic E-state index is 0.0625. The Kier molecular flexibility index (Phi) is 5.34. The Hall–Kier alpha value is -1.70. The summed E-state index contributed by atoms with van der Waals surface area (Å²) in [6, 6.07) is 10.6. The second kappa shape index (κ2) is 7.73. The quantitative estimate of drug-likeness (QED) is 0.761. The normalized spacial score (nSPS) is 24.2. The second-order valence-electron chi connectivity index (χ2n) is 7.90. The predicted octanol–water partition coefficient (Wildman–Crippen LogP) is 2.14. The van der Waals surface area contributed by atoms with E-state index in [-0.39, 0.29) is 11.1 Å². The van der Waals surface area contributed by atoms with E-state index in [9.17, 15) is 8.42 Å². The number of sulfonamides is 1. The van der Waals surface area contributed by atoms with Crippen molar-refractivity contribution in [3.63, 3.8) is 0 Å². The molecule has 146 valence electrons. The molecule has 0 amide bonds. The molecule has 0 aliphatic carbocycles. The number of benzene rings is 1. The van der Waals surface area contributed by atoms with E-state index in [2.05, 4.69) is 34.1 Å². The summed E-state index contributed by atoms with van der Waals surface area (Å²) >= 11 is 0. The predicted molar refractivity (Wildman–Crippen MR) is 105 cm³/mol. The van der Waals surface area contributed by atoms with Crippen LogP contribution < -0.4 is 0 Å². The average Bonchev–Trinajstić information content (AvgIpc) is 2.92. The Morgan fingerprint density at radius 2 is 1.93 bits per heavy atom. The Bertz CT molecular complexity index is 865. The van der Waals surface area contributed by atoms with Gasteiger partial charge in [0.25, 0.3) is 10.0 Å². The van der Waals surface area contributed by atoms with Crippen molar-refractivity contribution < 1.29 is 8.42 Å². The number of hydrogen-bond acceptors (Lipinski definition) is 4. The summed E-state index contributed by atoms with van der Waals surface area (Å²) in [5.74, 6) is 0.416. The molecule has 4 heterocycles. The van der Waals surface area contributed by atoms with Crippen LogP contribution in [-0.2, 0) is 23.5 Å². The van der Waals surface area contributed by atoms with Crippen LogP contribution in [0.25, 0.3) is 0 Å². The Morgan fingerprint density at radius 3 is 2.67 bits per heavy atom. The van der Waals surface area contributed by atoms with Crippen LogP contribution in [0.1, 0.15) is 24.8 Å². The summed E-state index contributed by atoms with van der Waals surface area (Å²) in [6.45, 7) is 3.48. The van der Waals surface area contributed by atoms with Crippen molar-refractivity contribution in [1.82, 2.24) is 18.8 Å². The summed E-state index contributed by atoms with van der Waals surface area (Å²) in [5, 5.41) is 0.174. The minimum atomic E-state index is -3.51. The lowest BCUT2D eigenvalue weighted by Gasteiger charge is -2.34. The van der Waals surface area contributed by atoms with Crippen molar-refractivity contribution in [3.8, 4) is 0 Å². The number of hydrogen-bond donors (Lipinski definition) is 0. The van der Waals surface area contributed by atoms with Crippen molar-refractivity contribution in [2.45, 2.75) is 36.8 Å². The maximum absolute atomic E-state index is 13.1. The third-order valence-electron chi connectivity index (χ3n) is 5.78. The topological polar surface area (TPSA) is 58.4 Å². The third-order valence-corrected chi connectivity index (χ3v) is 7.58. The van der Waals surface area contributed by atoms with Gasteiger partial charge in [0, 0.05) is 38.9 Å². The summed E-state index contributed by atoms with van der Waals surface area (Å²) in [4.78, 5) is 6.57. The van der Waals surface area contributed by atoms with E-state index in [0.29, 0.717) is 12.5 Å². The molecule has 2 aromatic rings. The Balaban J connectivity index is 1.41. The molecule has 6 nitrogen and oxygen atoms in total. The first-order valence-electron chi connectivity index (χ1n) is 9.78. The van der Waals surface area contributed by atoms with Gasteiger partial charge in [0.1, 0.15) is 0 Å². The number of nitrogens with zero attached hydrogens (tertiary/aromatic N) is 4. The van der Waals surface area contributed by atoms with E-state index in [1.807, 2.05) is 6.07 Å². The van der Waals surface area contributed by atoms with Gasteiger partial charge in [-0.05, 0) is 43.7 Å². The van der Waals surface area contributed by atoms with Gasteiger partial charge in [0.15, 0.2) is 5.03 Å². The molecule has 1 aromatic carbocycles. The molecule has 5 rings (SSSR count). The lowest BCUT2D eigenvalue weighted by Crippen LogP contribution is -2.47. The van der Waals surface area contributed by atoms with E-state index in [1.165, 1.54) is 5.56 Å². The van der Waals surface area contributed by atoms with Gasteiger partial charge in [-0.25, -0.2) is 13.4 Å². The van der Waals surface area contributed by atoms with Crippen molar-refractivity contribution in [3.05, 3.63) is 48.4 Å². The first kappa shape index (κ1) is 18.7. The van der Waals surface area contributed by atoms with Crippen LogP contribution in [0, 0.1) is 5.92 Å². The summed E-state index contributed by atoms with van der Waals surface area (Å²) < 4.78 is 29.6. The largest absolute Gasteiger partial charge is 0.339 e. The molecule has 3 saturated heterocycles. The van der Waals surface area contributed by atoms with E-state index in [4.69, 9.17) is 0 Å². The number of rotatable bonds is 6. The lowest BCUT2D eigenvalue weighted by atomic mass is 9.97. The molecule has 3 aliphatic rings. The second-order valence-corrected chi connectivity index (χ2v) is 9.74. The van der Waals surface area contributed by atoms with Gasteiger partial charge < -0.3 is 9.47 Å². The Labute approximate surface area is 161 Å². The molecule has 0 saturated carbocycles. The number of aryl methyl sites for hydroxylation is 2. The van der Waals surface area contributed by atoms with Gasteiger partial charge in [-0.15, -0.1) is 0 Å². The number of piperidine rings is 1. The highest BCUT2D eigenvalue weighted by Gasteiger charge is 2.41. The fraction of sp³-hybridized carbons (Fsp3) is 0.550. The molecular formula is C20H28N4O2S. The maximum atomic E-state index is 13.1. The van der Waals surface area contributed by atoms with Crippen LogP contribution in [0.3, 0.4) is 0 Å². The molecular weight excluding hydrogens is 360 g/mol. The Morgan fingerprint density at radius 1 is 1.11 bits per heavy atom. The van der Waals surface area contributed by atoms with E-state index in [0.717, 1.165) is 45.3 Å². The van der Waals surface area contributed by atoms with E-state index < -0.39 is 10.0 Å². The van der Waals surface area contributed by atoms with Gasteiger partial charge in [0.05, 0.1) is 6.33 Å². The molecule has 7 heteroatoms. The number of fused-ring (bicyclic) bond motifs is 4. The molecule has 0 N–H and O–H groups in total. The zero-order chi connectivity index (χ0) is 18.9. The highest BCUT2D eigenvalue weighted by molar-refractivity contribution is 7.89. The van der Waals surface area contributed by atoms with Crippen LogP contribution in [0.4, 0.5) is 0 Å². The average molecular weight is 389 g/mol. The fourth-order valence-electron chi connectivity index (χ4n) is 4.41. The van der Waals surface area contributed by atoms with Crippen LogP contribution in [-0.4, -0.2) is 59.4 Å². The van der Waals surface area contributed by atoms with Crippen LogP contribution >= 0.6 is 0 Å². The molecule has 27 heavy (non-hydrogen) atoms. The zero-order valence-corrected chi connectivity index (χ0v) is 16.7. The van der Waals surface area contributed by atoms with Crippen LogP contribution in [0.2, 0.25) is 0 Å². The van der Waals surface area contributed by atoms with E-state index in [1.54, 1.807) is 28.4 Å². The first-order chi connectivity index (χ1) is 13.0. The van der Waals surface area contributed by atoms with Gasteiger partial charge in [-0.3, -0.25) is 0 Å². The molecule has 3 aliphatic heterocycles. The lowest BCUT2D eigenvalue weighted by molar-refractivity contribution is 0.226. The first-order valence-corrected chi connectivity index (χ1v) is 11.2. The molecule has 2 atom stereocenters. The fourth-order valence-corrected chi connectivity index (χ4v) is 6.10. The van der Waals surface area contributed by atoms with Gasteiger partial charge in [-0.2, -0.15) is 4.31 Å². The molecule has 3 fully saturated rings. The molecule has 2 bridgehead atoms. The monoisotopic (exact) mass is 388 g/mol. The van der Waals surface area contributed by atoms with Crippen molar-refractivity contribution >= 4 is 10.0 Å². The highest BCUT2D eigenvalue weighted by Crippen LogP contribution is 2.32. The van der Waals surface area contributed by atoms with Gasteiger partial charge in [-0.1, -0.05) is 30.3 Å². The standard InChI is InChI=1S/C20H28N4O2S/c1-22-15-20(21-16-22)27(25,26)24-13-18-9-10-19(24)14-23(12-18)11-5-8-17-6-3-2-4-7-17/h2-4,6-7,15-16,18-19H,5,8-14H2,1H3/t18-,19+/m0/s1. The van der Waals surface area contributed by atoms with Crippen molar-refractivity contribution in [1.29, 1.82) is 0 Å². The molecule has 0 unspecified atom stereocenters. The number of imidazole rings is 1. The summed E-state index contributed by atoms with van der Waals surface area (Å²) in [5.41, 5.74) is 1.37. The van der Waals surface area contributed by atoms with Crippen LogP contribution in [0.5, 0.6) is 0 Å². The van der Waals surface area contributed by atoms with Crippen LogP contribution in [0.15, 0.2) is 47.9 Å². The van der Waals surface area contributed by atoms with Gasteiger partial charge in [0.2, 0.25) is 0 Å². The molecule has 0 spiro atoms. The maximum Gasteiger partial charge on any atom is 0.262 e. The smallest absolute Gasteiger partial charge is 0.262 e. The zero-order valence-electron chi connectivity index (χ0n) is 15.9. The van der Waals surface area contributed by atoms with Crippen molar-refractivity contribution in [2.24, 2.45) is 13.0 Å². The van der Waals surface area contributed by atoms with E-state index >= 15 is 0 Å². The summed E-state index contributed by atoms with van der Waals surface area (Å²) in [7, 11) is -1.71. The summed E-state index contributed by atoms with van der Waals surface area (Å²) in [6.07, 6.45) is 7.41. The third kappa shape index (κ3) is 4.10. The van der Waals surface area contributed by atoms with Crippen molar-refractivity contribution in [2.75, 3.05) is 26.2 Å². The molecule has 1 aromatic heterocycles.